The van der Waals surface area contributed by atoms with Crippen molar-refractivity contribution in [1.29, 1.82) is 0 Å². The fourth-order valence-corrected chi connectivity index (χ4v) is 2.66. The molecule has 7 nitrogen and oxygen atoms in total. The second-order valence-corrected chi connectivity index (χ2v) is 5.69. The SMILES string of the molecule is O=C(COC(=O)c1cccc([N+](=O)[O-])c1)NCC1CCCCC1. The number of ether oxygens (including phenoxy) is 1. The highest BCUT2D eigenvalue weighted by Crippen LogP contribution is 2.22. The highest BCUT2D eigenvalue weighted by molar-refractivity contribution is 5.91. The minimum Gasteiger partial charge on any atom is -0.452 e. The van der Waals surface area contributed by atoms with Gasteiger partial charge in [-0.1, -0.05) is 25.3 Å². The van der Waals surface area contributed by atoms with Crippen LogP contribution in [0.25, 0.3) is 0 Å². The molecule has 0 aliphatic heterocycles. The number of nitrogens with zero attached hydrogens (tertiary/aromatic N) is 1. The Morgan fingerprint density at radius 1 is 1.26 bits per heavy atom. The summed E-state index contributed by atoms with van der Waals surface area (Å²) in [5.74, 6) is -0.601. The fourth-order valence-electron chi connectivity index (χ4n) is 2.66. The number of nitrogens with one attached hydrogen (secondary N) is 1. The zero-order chi connectivity index (χ0) is 16.7. The number of non-ortho nitro benzene ring substituents is 1. The van der Waals surface area contributed by atoms with Gasteiger partial charge in [-0.3, -0.25) is 14.9 Å². The molecule has 0 unspecified atom stereocenters. The predicted molar refractivity (Wildman–Crippen MR) is 83.0 cm³/mol. The van der Waals surface area contributed by atoms with Crippen molar-refractivity contribution < 1.29 is 19.2 Å². The van der Waals surface area contributed by atoms with E-state index in [1.54, 1.807) is 0 Å². The van der Waals surface area contributed by atoms with Crippen LogP contribution in [0, 0.1) is 16.0 Å². The van der Waals surface area contributed by atoms with Crippen molar-refractivity contribution in [2.45, 2.75) is 32.1 Å². The Bertz CT molecular complexity index is 582. The lowest BCUT2D eigenvalue weighted by molar-refractivity contribution is -0.384. The van der Waals surface area contributed by atoms with Crippen LogP contribution in [0.5, 0.6) is 0 Å². The molecule has 0 saturated heterocycles. The molecule has 0 spiro atoms. The maximum atomic E-state index is 11.8. The maximum absolute atomic E-state index is 11.8. The summed E-state index contributed by atoms with van der Waals surface area (Å²) < 4.78 is 4.89. The molecule has 2 rings (SSSR count). The van der Waals surface area contributed by atoms with Crippen LogP contribution in [0.15, 0.2) is 24.3 Å². The molecule has 0 aromatic heterocycles. The molecule has 1 aromatic rings. The third kappa shape index (κ3) is 5.36. The molecule has 1 aliphatic rings. The summed E-state index contributed by atoms with van der Waals surface area (Å²) in [6, 6.07) is 5.23. The molecule has 1 aliphatic carbocycles. The number of amides is 1. The molecule has 1 saturated carbocycles. The van der Waals surface area contributed by atoms with Gasteiger partial charge in [-0.15, -0.1) is 0 Å². The third-order valence-electron chi connectivity index (χ3n) is 3.94. The Morgan fingerprint density at radius 2 is 2.00 bits per heavy atom. The highest BCUT2D eigenvalue weighted by atomic mass is 16.6. The predicted octanol–water partition coefficient (Wildman–Crippen LogP) is 2.45. The third-order valence-corrected chi connectivity index (χ3v) is 3.94. The molecule has 124 valence electrons. The lowest BCUT2D eigenvalue weighted by Crippen LogP contribution is -2.33. The van der Waals surface area contributed by atoms with Gasteiger partial charge in [0.25, 0.3) is 11.6 Å². The molecule has 0 atom stereocenters. The summed E-state index contributed by atoms with van der Waals surface area (Å²) in [4.78, 5) is 33.6. The molecule has 7 heteroatoms. The van der Waals surface area contributed by atoms with Crippen LogP contribution in [0.1, 0.15) is 42.5 Å². The normalized spacial score (nSPS) is 15.0. The van der Waals surface area contributed by atoms with Crippen LogP contribution >= 0.6 is 0 Å². The van der Waals surface area contributed by atoms with Crippen molar-refractivity contribution >= 4 is 17.6 Å². The Labute approximate surface area is 134 Å². The average Bonchev–Trinajstić information content (AvgIpc) is 2.58. The van der Waals surface area contributed by atoms with Crippen molar-refractivity contribution in [3.05, 3.63) is 39.9 Å². The van der Waals surface area contributed by atoms with E-state index in [1.165, 1.54) is 37.5 Å². The van der Waals surface area contributed by atoms with Gasteiger partial charge in [-0.25, -0.2) is 4.79 Å². The maximum Gasteiger partial charge on any atom is 0.338 e. The van der Waals surface area contributed by atoms with E-state index in [0.29, 0.717) is 12.5 Å². The monoisotopic (exact) mass is 320 g/mol. The first-order valence-corrected chi connectivity index (χ1v) is 7.74. The largest absolute Gasteiger partial charge is 0.452 e. The quantitative estimate of drug-likeness (QED) is 0.493. The number of hydrogen-bond acceptors (Lipinski definition) is 5. The van der Waals surface area contributed by atoms with Gasteiger partial charge in [-0.2, -0.15) is 0 Å². The first kappa shape index (κ1) is 16.9. The van der Waals surface area contributed by atoms with Gasteiger partial charge < -0.3 is 10.1 Å². The minimum atomic E-state index is -0.749. The number of nitro benzene ring substituents is 1. The zero-order valence-electron chi connectivity index (χ0n) is 12.8. The van der Waals surface area contributed by atoms with Crippen molar-refractivity contribution in [1.82, 2.24) is 5.32 Å². The van der Waals surface area contributed by atoms with Crippen molar-refractivity contribution in [2.75, 3.05) is 13.2 Å². The number of carbonyl (C=O) groups is 2. The Kier molecular flexibility index (Phi) is 6.08. The number of rotatable bonds is 6. The first-order chi connectivity index (χ1) is 11.1. The van der Waals surface area contributed by atoms with Gasteiger partial charge in [0.05, 0.1) is 10.5 Å². The smallest absolute Gasteiger partial charge is 0.338 e. The van der Waals surface area contributed by atoms with Gasteiger partial charge in [-0.05, 0) is 24.8 Å². The van der Waals surface area contributed by atoms with Gasteiger partial charge in [0.15, 0.2) is 6.61 Å². The van der Waals surface area contributed by atoms with E-state index in [-0.39, 0.29) is 23.8 Å². The standard InChI is InChI=1S/C16H20N2O5/c19-15(17-10-12-5-2-1-3-6-12)11-23-16(20)13-7-4-8-14(9-13)18(21)22/h4,7-9,12H,1-3,5-6,10-11H2,(H,17,19). The molecule has 0 radical (unpaired) electrons. The van der Waals surface area contributed by atoms with E-state index in [1.807, 2.05) is 0 Å². The van der Waals surface area contributed by atoms with Gasteiger partial charge in [0.2, 0.25) is 0 Å². The van der Waals surface area contributed by atoms with E-state index in [4.69, 9.17) is 4.74 Å². The lowest BCUT2D eigenvalue weighted by atomic mass is 9.89. The van der Waals surface area contributed by atoms with Crippen LogP contribution in [-0.2, 0) is 9.53 Å². The molecular weight excluding hydrogens is 300 g/mol. The summed E-state index contributed by atoms with van der Waals surface area (Å²) in [5.41, 5.74) is -0.138. The molecule has 1 N–H and O–H groups in total. The van der Waals surface area contributed by atoms with Crippen LogP contribution in [0.3, 0.4) is 0 Å². The van der Waals surface area contributed by atoms with E-state index in [9.17, 15) is 19.7 Å². The van der Waals surface area contributed by atoms with Crippen LogP contribution in [0.2, 0.25) is 0 Å². The van der Waals surface area contributed by atoms with Crippen LogP contribution < -0.4 is 5.32 Å². The first-order valence-electron chi connectivity index (χ1n) is 7.74. The van der Waals surface area contributed by atoms with Gasteiger partial charge in [0.1, 0.15) is 0 Å². The Hall–Kier alpha value is -2.44. The topological polar surface area (TPSA) is 98.5 Å². The number of hydrogen-bond donors (Lipinski definition) is 1. The molecule has 1 amide bonds. The van der Waals surface area contributed by atoms with Gasteiger partial charge >= 0.3 is 5.97 Å². The Balaban J connectivity index is 1.76. The fraction of sp³-hybridized carbons (Fsp3) is 0.500. The summed E-state index contributed by atoms with van der Waals surface area (Å²) in [6.45, 7) is 0.224. The number of esters is 1. The summed E-state index contributed by atoms with van der Waals surface area (Å²) in [7, 11) is 0. The minimum absolute atomic E-state index is 0.0549. The molecule has 0 heterocycles. The number of nitro groups is 1. The summed E-state index contributed by atoms with van der Waals surface area (Å²) in [5, 5.41) is 13.4. The number of benzene rings is 1. The zero-order valence-corrected chi connectivity index (χ0v) is 12.8. The van der Waals surface area contributed by atoms with Gasteiger partial charge in [0, 0.05) is 18.7 Å². The average molecular weight is 320 g/mol. The van der Waals surface area contributed by atoms with E-state index in [0.717, 1.165) is 18.9 Å². The molecule has 1 aromatic carbocycles. The molecular formula is C16H20N2O5. The summed E-state index contributed by atoms with van der Waals surface area (Å²) >= 11 is 0. The van der Waals surface area contributed by atoms with E-state index >= 15 is 0 Å². The molecule has 0 bridgehead atoms. The summed E-state index contributed by atoms with van der Waals surface area (Å²) in [6.07, 6.45) is 5.89. The highest BCUT2D eigenvalue weighted by Gasteiger charge is 2.16. The molecule has 23 heavy (non-hydrogen) atoms. The van der Waals surface area contributed by atoms with Crippen LogP contribution in [-0.4, -0.2) is 30.0 Å². The van der Waals surface area contributed by atoms with Crippen molar-refractivity contribution in [2.24, 2.45) is 5.92 Å². The lowest BCUT2D eigenvalue weighted by Gasteiger charge is -2.21. The molecule has 1 fully saturated rings. The van der Waals surface area contributed by atoms with Crippen molar-refractivity contribution in [3.8, 4) is 0 Å². The van der Waals surface area contributed by atoms with E-state index < -0.39 is 10.9 Å². The van der Waals surface area contributed by atoms with E-state index in [2.05, 4.69) is 5.32 Å². The number of carbonyl (C=O) groups excluding carboxylic acids is 2. The second kappa shape index (κ2) is 8.26. The van der Waals surface area contributed by atoms with Crippen LogP contribution in [0.4, 0.5) is 5.69 Å². The Morgan fingerprint density at radius 3 is 2.70 bits per heavy atom. The second-order valence-electron chi connectivity index (χ2n) is 5.69. The van der Waals surface area contributed by atoms with Crippen molar-refractivity contribution in [3.63, 3.8) is 0 Å².